The molecule has 2 aliphatic heterocycles. The molecule has 128 valence electrons. The van der Waals surface area contributed by atoms with Crippen molar-refractivity contribution >= 4 is 23.5 Å². The number of hydrogen-bond donors (Lipinski definition) is 0. The fourth-order valence-electron chi connectivity index (χ4n) is 3.23. The number of ether oxygens (including phenoxy) is 1. The van der Waals surface area contributed by atoms with Crippen LogP contribution >= 0.6 is 11.6 Å². The third kappa shape index (κ3) is 3.39. The van der Waals surface area contributed by atoms with Crippen LogP contribution in [0.1, 0.15) is 32.9 Å². The Morgan fingerprint density at radius 2 is 2.08 bits per heavy atom. The molecule has 0 aliphatic carbocycles. The number of carbonyl (C=O) groups excluding carboxylic acids is 1. The molecule has 1 spiro atoms. The van der Waals surface area contributed by atoms with E-state index in [1.54, 1.807) is 11.0 Å². The molecule has 7 nitrogen and oxygen atoms in total. The molecule has 0 unspecified atom stereocenters. The van der Waals surface area contributed by atoms with Crippen molar-refractivity contribution in [3.05, 3.63) is 17.0 Å². The Balaban J connectivity index is 1.62. The van der Waals surface area contributed by atoms with Gasteiger partial charge in [0.05, 0.1) is 0 Å². The van der Waals surface area contributed by atoms with E-state index in [0.29, 0.717) is 18.9 Å². The normalized spacial score (nSPS) is 19.1. The minimum absolute atomic E-state index is 0.0706. The third-order valence-corrected chi connectivity index (χ3v) is 4.44. The van der Waals surface area contributed by atoms with Crippen molar-refractivity contribution in [2.45, 2.75) is 32.8 Å². The lowest BCUT2D eigenvalue weighted by atomic mass is 9.79. The van der Waals surface area contributed by atoms with E-state index >= 15 is 0 Å². The van der Waals surface area contributed by atoms with E-state index < -0.39 is 5.60 Å². The Morgan fingerprint density at radius 1 is 1.38 bits per heavy atom. The number of nitrogens with zero attached hydrogens (tertiary/aromatic N) is 5. The zero-order valence-electron chi connectivity index (χ0n) is 14.0. The van der Waals surface area contributed by atoms with Crippen molar-refractivity contribution in [3.63, 3.8) is 0 Å². The lowest BCUT2D eigenvalue weighted by Gasteiger charge is -2.48. The quantitative estimate of drug-likeness (QED) is 0.724. The summed E-state index contributed by atoms with van der Waals surface area (Å²) in [5.41, 5.74) is -0.155. The summed E-state index contributed by atoms with van der Waals surface area (Å²) in [6.07, 6.45) is 0.682. The lowest BCUT2D eigenvalue weighted by molar-refractivity contribution is 0.0265. The Morgan fingerprint density at radius 3 is 2.71 bits per heavy atom. The van der Waals surface area contributed by atoms with Gasteiger partial charge in [0.1, 0.15) is 23.2 Å². The highest BCUT2D eigenvalue weighted by Gasteiger charge is 2.49. The number of hydrogen-bond acceptors (Lipinski definition) is 6. The topological polar surface area (TPSA) is 82.4 Å². The molecule has 0 radical (unpaired) electrons. The molecule has 0 saturated carbocycles. The van der Waals surface area contributed by atoms with E-state index in [4.69, 9.17) is 21.6 Å². The van der Waals surface area contributed by atoms with Gasteiger partial charge < -0.3 is 14.5 Å². The zero-order valence-corrected chi connectivity index (χ0v) is 14.8. The Hall–Kier alpha value is -2.07. The number of nitriles is 1. The molecule has 0 N–H and O–H groups in total. The van der Waals surface area contributed by atoms with Gasteiger partial charge in [-0.05, 0) is 38.8 Å². The first-order valence-corrected chi connectivity index (χ1v) is 8.25. The van der Waals surface area contributed by atoms with Crippen LogP contribution in [0.15, 0.2) is 6.07 Å². The van der Waals surface area contributed by atoms with Gasteiger partial charge >= 0.3 is 6.09 Å². The van der Waals surface area contributed by atoms with Crippen LogP contribution in [0, 0.1) is 16.7 Å². The summed E-state index contributed by atoms with van der Waals surface area (Å²) in [4.78, 5) is 24.1. The van der Waals surface area contributed by atoms with E-state index in [0.717, 1.165) is 19.5 Å². The van der Waals surface area contributed by atoms with Gasteiger partial charge in [-0.25, -0.2) is 14.8 Å². The average molecular weight is 350 g/mol. The lowest BCUT2D eigenvalue weighted by Crippen LogP contribution is -2.58. The molecule has 1 aromatic heterocycles. The monoisotopic (exact) mass is 349 g/mol. The van der Waals surface area contributed by atoms with Crippen molar-refractivity contribution in [1.82, 2.24) is 14.9 Å². The van der Waals surface area contributed by atoms with Crippen molar-refractivity contribution in [2.75, 3.05) is 31.1 Å². The van der Waals surface area contributed by atoms with Gasteiger partial charge in [0, 0.05) is 37.7 Å². The van der Waals surface area contributed by atoms with Gasteiger partial charge in [-0.15, -0.1) is 0 Å². The SMILES string of the molecule is CC(C)(C)OC(=O)N1CCC2(C1)CN(c1cc(C#N)nc(Cl)n1)C2. The molecule has 24 heavy (non-hydrogen) atoms. The molecule has 0 bridgehead atoms. The predicted molar refractivity (Wildman–Crippen MR) is 88.8 cm³/mol. The van der Waals surface area contributed by atoms with Crippen LogP contribution < -0.4 is 4.90 Å². The van der Waals surface area contributed by atoms with E-state index in [-0.39, 0.29) is 22.5 Å². The molecular weight excluding hydrogens is 330 g/mol. The summed E-state index contributed by atoms with van der Waals surface area (Å²) in [5.74, 6) is 0.660. The molecule has 0 aromatic carbocycles. The van der Waals surface area contributed by atoms with Crippen LogP contribution in [0.25, 0.3) is 0 Å². The second-order valence-electron chi connectivity index (χ2n) is 7.50. The van der Waals surface area contributed by atoms with Crippen molar-refractivity contribution in [3.8, 4) is 6.07 Å². The fourth-order valence-corrected chi connectivity index (χ4v) is 3.40. The van der Waals surface area contributed by atoms with Gasteiger partial charge in [-0.3, -0.25) is 0 Å². The molecule has 2 aliphatic rings. The van der Waals surface area contributed by atoms with Gasteiger partial charge in [0.2, 0.25) is 5.28 Å². The standard InChI is InChI=1S/C16H20ClN5O2/c1-15(2,3)24-14(23)21-5-4-16(8-21)9-22(10-16)12-6-11(7-18)19-13(17)20-12/h6H,4-5,8-10H2,1-3H3. The average Bonchev–Trinajstić information content (AvgIpc) is 2.88. The molecule has 2 fully saturated rings. The van der Waals surface area contributed by atoms with E-state index in [1.807, 2.05) is 26.8 Å². The number of aromatic nitrogens is 2. The van der Waals surface area contributed by atoms with Crippen LogP contribution in [0.3, 0.4) is 0 Å². The Labute approximate surface area is 146 Å². The van der Waals surface area contributed by atoms with E-state index in [1.165, 1.54) is 0 Å². The maximum atomic E-state index is 12.2. The maximum Gasteiger partial charge on any atom is 0.410 e. The molecule has 3 rings (SSSR count). The largest absolute Gasteiger partial charge is 0.444 e. The zero-order chi connectivity index (χ0) is 17.5. The van der Waals surface area contributed by atoms with Crippen LogP contribution in [0.2, 0.25) is 5.28 Å². The molecule has 8 heteroatoms. The van der Waals surface area contributed by atoms with Crippen LogP contribution in [0.5, 0.6) is 0 Å². The predicted octanol–water partition coefficient (Wildman–Crippen LogP) is 2.45. The first kappa shape index (κ1) is 16.8. The maximum absolute atomic E-state index is 12.2. The summed E-state index contributed by atoms with van der Waals surface area (Å²) in [6, 6.07) is 3.62. The number of rotatable bonds is 1. The second-order valence-corrected chi connectivity index (χ2v) is 7.84. The highest BCUT2D eigenvalue weighted by Crippen LogP contribution is 2.41. The number of amides is 1. The fraction of sp³-hybridized carbons (Fsp3) is 0.625. The van der Waals surface area contributed by atoms with E-state index in [9.17, 15) is 4.79 Å². The number of halogens is 1. The third-order valence-electron chi connectivity index (χ3n) is 4.27. The minimum Gasteiger partial charge on any atom is -0.444 e. The number of anilines is 1. The minimum atomic E-state index is -0.482. The molecule has 1 amide bonds. The summed E-state index contributed by atoms with van der Waals surface area (Å²) in [6.45, 7) is 8.56. The van der Waals surface area contributed by atoms with E-state index in [2.05, 4.69) is 14.9 Å². The molecule has 1 aromatic rings. The summed E-state index contributed by atoms with van der Waals surface area (Å²) in [5, 5.41) is 9.05. The smallest absolute Gasteiger partial charge is 0.410 e. The highest BCUT2D eigenvalue weighted by molar-refractivity contribution is 6.28. The molecule has 0 atom stereocenters. The first-order valence-electron chi connectivity index (χ1n) is 7.87. The number of carbonyl (C=O) groups is 1. The van der Waals surface area contributed by atoms with Gasteiger partial charge in [0.15, 0.2) is 0 Å². The van der Waals surface area contributed by atoms with Crippen molar-refractivity contribution in [1.29, 1.82) is 5.26 Å². The van der Waals surface area contributed by atoms with Gasteiger partial charge in [-0.1, -0.05) is 0 Å². The molecule has 2 saturated heterocycles. The van der Waals surface area contributed by atoms with Crippen molar-refractivity contribution in [2.24, 2.45) is 5.41 Å². The van der Waals surface area contributed by atoms with Gasteiger partial charge in [0.25, 0.3) is 0 Å². The van der Waals surface area contributed by atoms with Crippen LogP contribution in [-0.4, -0.2) is 52.7 Å². The molecular formula is C16H20ClN5O2. The second kappa shape index (κ2) is 5.78. The Kier molecular flexibility index (Phi) is 4.04. The summed E-state index contributed by atoms with van der Waals surface area (Å²) >= 11 is 5.86. The van der Waals surface area contributed by atoms with Crippen molar-refractivity contribution < 1.29 is 9.53 Å². The summed E-state index contributed by atoms with van der Waals surface area (Å²) in [7, 11) is 0. The summed E-state index contributed by atoms with van der Waals surface area (Å²) < 4.78 is 5.44. The molecule has 3 heterocycles. The first-order chi connectivity index (χ1) is 11.2. The van der Waals surface area contributed by atoms with Crippen LogP contribution in [0.4, 0.5) is 10.6 Å². The van der Waals surface area contributed by atoms with Gasteiger partial charge in [-0.2, -0.15) is 5.26 Å². The number of likely N-dealkylation sites (tertiary alicyclic amines) is 1. The van der Waals surface area contributed by atoms with Crippen LogP contribution in [-0.2, 0) is 4.74 Å². The Bertz CT molecular complexity index is 703. The highest BCUT2D eigenvalue weighted by atomic mass is 35.5.